The second-order valence-electron chi connectivity index (χ2n) is 5.53. The van der Waals surface area contributed by atoms with Crippen LogP contribution < -0.4 is 10.2 Å². The number of hydrogen-bond donors (Lipinski definition) is 1. The van der Waals surface area contributed by atoms with Crippen LogP contribution in [-0.2, 0) is 6.54 Å². The van der Waals surface area contributed by atoms with E-state index in [1.807, 2.05) is 48.7 Å². The minimum atomic E-state index is -0.0379. The summed E-state index contributed by atoms with van der Waals surface area (Å²) < 4.78 is 1.13. The van der Waals surface area contributed by atoms with Gasteiger partial charge in [0, 0.05) is 30.5 Å². The van der Waals surface area contributed by atoms with E-state index in [1.165, 1.54) is 11.3 Å². The lowest BCUT2D eigenvalue weighted by molar-refractivity contribution is 0.0955. The van der Waals surface area contributed by atoms with E-state index in [-0.39, 0.29) is 5.91 Å². The number of carbonyl (C=O) groups is 1. The summed E-state index contributed by atoms with van der Waals surface area (Å²) in [5, 5.41) is 4.08. The van der Waals surface area contributed by atoms with Gasteiger partial charge in [0.1, 0.15) is 5.82 Å². The molecule has 0 saturated heterocycles. The van der Waals surface area contributed by atoms with Crippen molar-refractivity contribution in [2.45, 2.75) is 20.4 Å². The smallest absolute Gasteiger partial charge is 0.261 e. The quantitative estimate of drug-likeness (QED) is 0.736. The van der Waals surface area contributed by atoms with Gasteiger partial charge in [-0.15, -0.1) is 11.3 Å². The molecule has 124 valence electrons. The first-order valence-electron chi connectivity index (χ1n) is 8.18. The summed E-state index contributed by atoms with van der Waals surface area (Å²) in [5.74, 6) is 0.934. The Morgan fingerprint density at radius 1 is 1.17 bits per heavy atom. The van der Waals surface area contributed by atoms with Gasteiger partial charge in [0.05, 0.1) is 4.88 Å². The van der Waals surface area contributed by atoms with Crippen LogP contribution in [0, 0.1) is 0 Å². The third-order valence-corrected chi connectivity index (χ3v) is 5.11. The Kier molecular flexibility index (Phi) is 5.11. The van der Waals surface area contributed by atoms with Gasteiger partial charge < -0.3 is 10.2 Å². The molecule has 0 aliphatic rings. The molecule has 0 aliphatic heterocycles. The molecule has 0 fully saturated rings. The zero-order valence-corrected chi connectivity index (χ0v) is 14.8. The lowest BCUT2D eigenvalue weighted by Crippen LogP contribution is -2.24. The molecule has 24 heavy (non-hydrogen) atoms. The molecule has 2 aromatic heterocycles. The van der Waals surface area contributed by atoms with Gasteiger partial charge >= 0.3 is 0 Å². The number of carbonyl (C=O) groups excluding carboxylic acids is 1. The molecule has 3 aromatic rings. The van der Waals surface area contributed by atoms with Crippen LogP contribution in [0.2, 0.25) is 0 Å². The highest BCUT2D eigenvalue weighted by atomic mass is 32.1. The van der Waals surface area contributed by atoms with E-state index in [9.17, 15) is 4.79 Å². The van der Waals surface area contributed by atoms with E-state index >= 15 is 0 Å². The summed E-state index contributed by atoms with van der Waals surface area (Å²) in [4.78, 5) is 19.7. The number of thiophene rings is 1. The zero-order chi connectivity index (χ0) is 16.9. The third-order valence-electron chi connectivity index (χ3n) is 4.00. The Hall–Kier alpha value is -2.40. The van der Waals surface area contributed by atoms with Crippen molar-refractivity contribution in [1.82, 2.24) is 10.3 Å². The van der Waals surface area contributed by atoms with Crippen LogP contribution >= 0.6 is 11.3 Å². The summed E-state index contributed by atoms with van der Waals surface area (Å²) in [7, 11) is 0. The summed E-state index contributed by atoms with van der Waals surface area (Å²) >= 11 is 1.52. The highest BCUT2D eigenvalue weighted by Crippen LogP contribution is 2.25. The standard InChI is InChI=1S/C19H21N3OS/c1-3-22(4-2)18-10-9-14(12-20-18)13-21-19(23)17-11-15-7-5-6-8-16(15)24-17/h5-12H,3-4,13H2,1-2H3,(H,21,23). The van der Waals surface area contributed by atoms with E-state index in [4.69, 9.17) is 0 Å². The molecule has 0 bridgehead atoms. The fourth-order valence-corrected chi connectivity index (χ4v) is 3.60. The molecule has 2 heterocycles. The van der Waals surface area contributed by atoms with E-state index in [0.717, 1.165) is 39.4 Å². The predicted molar refractivity (Wildman–Crippen MR) is 101 cm³/mol. The Morgan fingerprint density at radius 3 is 2.62 bits per heavy atom. The van der Waals surface area contributed by atoms with E-state index in [2.05, 4.69) is 29.0 Å². The Balaban J connectivity index is 1.63. The van der Waals surface area contributed by atoms with Crippen LogP contribution in [0.15, 0.2) is 48.7 Å². The van der Waals surface area contributed by atoms with Crippen molar-refractivity contribution in [3.05, 3.63) is 59.1 Å². The van der Waals surface area contributed by atoms with E-state index in [1.54, 1.807) is 0 Å². The van der Waals surface area contributed by atoms with Crippen molar-refractivity contribution in [3.63, 3.8) is 0 Å². The lowest BCUT2D eigenvalue weighted by Gasteiger charge is -2.19. The molecular formula is C19H21N3OS. The number of rotatable bonds is 6. The number of aromatic nitrogens is 1. The van der Waals surface area contributed by atoms with Gasteiger partial charge in [-0.1, -0.05) is 24.3 Å². The molecule has 4 nitrogen and oxygen atoms in total. The third kappa shape index (κ3) is 3.57. The molecule has 5 heteroatoms. The van der Waals surface area contributed by atoms with Gasteiger partial charge in [0.25, 0.3) is 5.91 Å². The first-order chi connectivity index (χ1) is 11.7. The first kappa shape index (κ1) is 16.5. The Labute approximate surface area is 146 Å². The van der Waals surface area contributed by atoms with Gasteiger partial charge in [-0.05, 0) is 43.0 Å². The van der Waals surface area contributed by atoms with Crippen molar-refractivity contribution in [2.75, 3.05) is 18.0 Å². The topological polar surface area (TPSA) is 45.2 Å². The first-order valence-corrected chi connectivity index (χ1v) is 8.99. The van der Waals surface area contributed by atoms with Crippen molar-refractivity contribution in [3.8, 4) is 0 Å². The van der Waals surface area contributed by atoms with Crippen LogP contribution in [0.5, 0.6) is 0 Å². The molecule has 1 amide bonds. The highest BCUT2D eigenvalue weighted by molar-refractivity contribution is 7.20. The Morgan fingerprint density at radius 2 is 1.96 bits per heavy atom. The normalized spacial score (nSPS) is 10.8. The van der Waals surface area contributed by atoms with Crippen molar-refractivity contribution >= 4 is 33.1 Å². The van der Waals surface area contributed by atoms with Gasteiger partial charge in [0.2, 0.25) is 0 Å². The molecule has 0 spiro atoms. The van der Waals surface area contributed by atoms with Crippen LogP contribution in [0.1, 0.15) is 29.1 Å². The maximum Gasteiger partial charge on any atom is 0.261 e. The fraction of sp³-hybridized carbons (Fsp3) is 0.263. The van der Waals surface area contributed by atoms with Crippen molar-refractivity contribution in [2.24, 2.45) is 0 Å². The highest BCUT2D eigenvalue weighted by Gasteiger charge is 2.10. The largest absolute Gasteiger partial charge is 0.357 e. The lowest BCUT2D eigenvalue weighted by atomic mass is 10.2. The SMILES string of the molecule is CCN(CC)c1ccc(CNC(=O)c2cc3ccccc3s2)cn1. The summed E-state index contributed by atoms with van der Waals surface area (Å²) in [6, 6.07) is 14.0. The zero-order valence-electron chi connectivity index (χ0n) is 14.0. The summed E-state index contributed by atoms with van der Waals surface area (Å²) in [5.41, 5.74) is 1.00. The second kappa shape index (κ2) is 7.45. The van der Waals surface area contributed by atoms with E-state index < -0.39 is 0 Å². The molecule has 1 aromatic carbocycles. The average Bonchev–Trinajstić information content (AvgIpc) is 3.06. The molecule has 0 radical (unpaired) electrons. The monoisotopic (exact) mass is 339 g/mol. The molecule has 1 N–H and O–H groups in total. The number of pyridine rings is 1. The number of benzene rings is 1. The summed E-state index contributed by atoms with van der Waals surface area (Å²) in [6.45, 7) is 6.59. The maximum atomic E-state index is 12.3. The van der Waals surface area contributed by atoms with Gasteiger partial charge in [-0.3, -0.25) is 4.79 Å². The second-order valence-corrected chi connectivity index (χ2v) is 6.61. The predicted octanol–water partition coefficient (Wildman–Crippen LogP) is 4.07. The molecular weight excluding hydrogens is 318 g/mol. The number of anilines is 1. The van der Waals surface area contributed by atoms with Crippen LogP contribution in [0.4, 0.5) is 5.82 Å². The molecule has 0 atom stereocenters. The number of nitrogens with one attached hydrogen (secondary N) is 1. The van der Waals surface area contributed by atoms with Crippen LogP contribution in [0.25, 0.3) is 10.1 Å². The number of hydrogen-bond acceptors (Lipinski definition) is 4. The van der Waals surface area contributed by atoms with Crippen LogP contribution in [-0.4, -0.2) is 24.0 Å². The van der Waals surface area contributed by atoms with Gasteiger partial charge in [-0.2, -0.15) is 0 Å². The average molecular weight is 339 g/mol. The molecule has 0 unspecified atom stereocenters. The Bertz CT molecular complexity index is 789. The maximum absolute atomic E-state index is 12.3. The summed E-state index contributed by atoms with van der Waals surface area (Å²) in [6.07, 6.45) is 1.83. The number of nitrogens with zero attached hydrogens (tertiary/aromatic N) is 2. The van der Waals surface area contributed by atoms with Crippen LogP contribution in [0.3, 0.4) is 0 Å². The van der Waals surface area contributed by atoms with E-state index in [0.29, 0.717) is 6.54 Å². The van der Waals surface area contributed by atoms with Crippen molar-refractivity contribution < 1.29 is 4.79 Å². The minimum Gasteiger partial charge on any atom is -0.357 e. The molecule has 0 aliphatic carbocycles. The number of amides is 1. The molecule has 0 saturated carbocycles. The molecule has 3 rings (SSSR count). The fourth-order valence-electron chi connectivity index (χ4n) is 2.62. The van der Waals surface area contributed by atoms with Gasteiger partial charge in [0.15, 0.2) is 0 Å². The minimum absolute atomic E-state index is 0.0379. The number of fused-ring (bicyclic) bond motifs is 1. The van der Waals surface area contributed by atoms with Crippen molar-refractivity contribution in [1.29, 1.82) is 0 Å². The van der Waals surface area contributed by atoms with Gasteiger partial charge in [-0.25, -0.2) is 4.98 Å².